The molecular formula is C24H24N2O3. The predicted octanol–water partition coefficient (Wildman–Crippen LogP) is 4.54. The van der Waals surface area contributed by atoms with Crippen LogP contribution in [0.25, 0.3) is 6.08 Å². The Morgan fingerprint density at radius 1 is 1.00 bits per heavy atom. The largest absolute Gasteiger partial charge is 0.465 e. The van der Waals surface area contributed by atoms with E-state index in [0.717, 1.165) is 11.1 Å². The van der Waals surface area contributed by atoms with Gasteiger partial charge in [-0.3, -0.25) is 9.59 Å². The van der Waals surface area contributed by atoms with Crippen LogP contribution in [0.5, 0.6) is 0 Å². The molecule has 2 amide bonds. The van der Waals surface area contributed by atoms with Gasteiger partial charge in [-0.25, -0.2) is 0 Å². The maximum atomic E-state index is 13.0. The average Bonchev–Trinajstić information content (AvgIpc) is 3.21. The second kappa shape index (κ2) is 9.06. The summed E-state index contributed by atoms with van der Waals surface area (Å²) >= 11 is 0. The molecule has 3 rings (SSSR count). The molecule has 1 unspecified atom stereocenters. The van der Waals surface area contributed by atoms with Gasteiger partial charge in [0.1, 0.15) is 11.5 Å². The highest BCUT2D eigenvalue weighted by molar-refractivity contribution is 6.05. The first-order valence-corrected chi connectivity index (χ1v) is 9.43. The first kappa shape index (κ1) is 20.1. The van der Waals surface area contributed by atoms with Crippen LogP contribution in [0.3, 0.4) is 0 Å². The first-order valence-electron chi connectivity index (χ1n) is 9.43. The number of aryl methyl sites for hydroxylation is 2. The zero-order valence-electron chi connectivity index (χ0n) is 16.7. The monoisotopic (exact) mass is 388 g/mol. The van der Waals surface area contributed by atoms with E-state index in [9.17, 15) is 9.59 Å². The van der Waals surface area contributed by atoms with E-state index >= 15 is 0 Å². The van der Waals surface area contributed by atoms with Crippen LogP contribution in [0, 0.1) is 13.8 Å². The quantitative estimate of drug-likeness (QED) is 0.609. The number of hydrogen-bond acceptors (Lipinski definition) is 3. The summed E-state index contributed by atoms with van der Waals surface area (Å²) in [5.74, 6) is -0.279. The van der Waals surface area contributed by atoms with E-state index in [0.29, 0.717) is 11.3 Å². The van der Waals surface area contributed by atoms with E-state index < -0.39 is 5.91 Å². The molecule has 3 aromatic rings. The van der Waals surface area contributed by atoms with Crippen molar-refractivity contribution in [2.24, 2.45) is 0 Å². The normalized spacial score (nSPS) is 12.3. The van der Waals surface area contributed by atoms with Crippen LogP contribution < -0.4 is 10.6 Å². The van der Waals surface area contributed by atoms with Crippen LogP contribution in [0.1, 0.15) is 45.8 Å². The van der Waals surface area contributed by atoms with Gasteiger partial charge in [-0.2, -0.15) is 0 Å². The molecule has 5 nitrogen and oxygen atoms in total. The minimum atomic E-state index is -0.391. The van der Waals surface area contributed by atoms with Crippen molar-refractivity contribution < 1.29 is 14.0 Å². The standard InChI is InChI=1S/C24H24N2O3/c1-16-11-12-21(17(2)14-16)18(3)25-24(28)22(15-20-10-7-13-29-20)26-23(27)19-8-5-4-6-9-19/h4-15,18H,1-3H3,(H,25,28)(H,26,27)/b22-15-. The van der Waals surface area contributed by atoms with Gasteiger partial charge in [-0.05, 0) is 56.2 Å². The summed E-state index contributed by atoms with van der Waals surface area (Å²) in [4.78, 5) is 25.5. The highest BCUT2D eigenvalue weighted by Gasteiger charge is 2.18. The van der Waals surface area contributed by atoms with Gasteiger partial charge in [0.05, 0.1) is 12.3 Å². The van der Waals surface area contributed by atoms with Crippen LogP contribution >= 0.6 is 0 Å². The lowest BCUT2D eigenvalue weighted by molar-refractivity contribution is -0.118. The molecule has 0 bridgehead atoms. The fraction of sp³-hybridized carbons (Fsp3) is 0.167. The van der Waals surface area contributed by atoms with Crippen molar-refractivity contribution in [3.63, 3.8) is 0 Å². The Balaban J connectivity index is 1.81. The Morgan fingerprint density at radius 3 is 2.41 bits per heavy atom. The predicted molar refractivity (Wildman–Crippen MR) is 113 cm³/mol. The summed E-state index contributed by atoms with van der Waals surface area (Å²) in [7, 11) is 0. The summed E-state index contributed by atoms with van der Waals surface area (Å²) in [5.41, 5.74) is 3.87. The van der Waals surface area contributed by atoms with Crippen LogP contribution in [0.4, 0.5) is 0 Å². The van der Waals surface area contributed by atoms with E-state index in [1.54, 1.807) is 36.4 Å². The highest BCUT2D eigenvalue weighted by Crippen LogP contribution is 2.19. The first-order chi connectivity index (χ1) is 13.9. The molecule has 2 N–H and O–H groups in total. The van der Waals surface area contributed by atoms with Gasteiger partial charge >= 0.3 is 0 Å². The molecule has 0 aliphatic rings. The van der Waals surface area contributed by atoms with Crippen molar-refractivity contribution in [3.8, 4) is 0 Å². The molecular weight excluding hydrogens is 364 g/mol. The third-order valence-electron chi connectivity index (χ3n) is 4.60. The van der Waals surface area contributed by atoms with Crippen LogP contribution in [0.15, 0.2) is 77.0 Å². The average molecular weight is 388 g/mol. The number of furan rings is 1. The smallest absolute Gasteiger partial charge is 0.268 e. The maximum absolute atomic E-state index is 13.0. The fourth-order valence-electron chi connectivity index (χ4n) is 3.12. The van der Waals surface area contributed by atoms with Crippen molar-refractivity contribution in [3.05, 3.63) is 101 Å². The van der Waals surface area contributed by atoms with Gasteiger partial charge in [-0.15, -0.1) is 0 Å². The number of rotatable bonds is 6. The Kier molecular flexibility index (Phi) is 6.29. The number of amides is 2. The van der Waals surface area contributed by atoms with Gasteiger partial charge in [0.2, 0.25) is 0 Å². The minimum Gasteiger partial charge on any atom is -0.465 e. The molecule has 0 aliphatic heterocycles. The topological polar surface area (TPSA) is 71.3 Å². The molecule has 1 aromatic heterocycles. The van der Waals surface area contributed by atoms with E-state index in [-0.39, 0.29) is 17.6 Å². The van der Waals surface area contributed by atoms with E-state index in [2.05, 4.69) is 16.7 Å². The van der Waals surface area contributed by atoms with E-state index in [1.165, 1.54) is 17.9 Å². The molecule has 0 fully saturated rings. The third kappa shape index (κ3) is 5.23. The summed E-state index contributed by atoms with van der Waals surface area (Å²) in [6.07, 6.45) is 3.03. The summed E-state index contributed by atoms with van der Waals surface area (Å²) in [6, 6.07) is 18.1. The maximum Gasteiger partial charge on any atom is 0.268 e. The molecule has 29 heavy (non-hydrogen) atoms. The molecule has 0 saturated carbocycles. The highest BCUT2D eigenvalue weighted by atomic mass is 16.3. The number of carbonyl (C=O) groups is 2. The summed E-state index contributed by atoms with van der Waals surface area (Å²) < 4.78 is 5.32. The molecule has 0 spiro atoms. The second-order valence-electron chi connectivity index (χ2n) is 6.95. The van der Waals surface area contributed by atoms with E-state index in [4.69, 9.17) is 4.42 Å². The van der Waals surface area contributed by atoms with Gasteiger partial charge in [0, 0.05) is 11.6 Å². The SMILES string of the molecule is Cc1ccc(C(C)NC(=O)/C(=C/c2ccco2)NC(=O)c2ccccc2)c(C)c1. The van der Waals surface area contributed by atoms with Gasteiger partial charge in [-0.1, -0.05) is 42.0 Å². The van der Waals surface area contributed by atoms with Crippen molar-refractivity contribution in [1.29, 1.82) is 0 Å². The lowest BCUT2D eigenvalue weighted by atomic mass is 10.00. The van der Waals surface area contributed by atoms with Crippen LogP contribution in [-0.4, -0.2) is 11.8 Å². The van der Waals surface area contributed by atoms with Crippen LogP contribution in [0.2, 0.25) is 0 Å². The van der Waals surface area contributed by atoms with Gasteiger partial charge in [0.15, 0.2) is 0 Å². The Bertz CT molecular complexity index is 1020. The Labute approximate surface area is 170 Å². The molecule has 148 valence electrons. The van der Waals surface area contributed by atoms with Crippen LogP contribution in [-0.2, 0) is 4.79 Å². The molecule has 2 aromatic carbocycles. The molecule has 0 radical (unpaired) electrons. The zero-order chi connectivity index (χ0) is 20.8. The Hall–Kier alpha value is -3.60. The van der Waals surface area contributed by atoms with Crippen molar-refractivity contribution in [2.75, 3.05) is 0 Å². The number of nitrogens with one attached hydrogen (secondary N) is 2. The number of carbonyl (C=O) groups excluding carboxylic acids is 2. The third-order valence-corrected chi connectivity index (χ3v) is 4.60. The lowest BCUT2D eigenvalue weighted by Crippen LogP contribution is -2.36. The van der Waals surface area contributed by atoms with Gasteiger partial charge in [0.25, 0.3) is 11.8 Å². The molecule has 0 aliphatic carbocycles. The minimum absolute atomic E-state index is 0.116. The van der Waals surface area contributed by atoms with Crippen molar-refractivity contribution in [2.45, 2.75) is 26.8 Å². The summed E-state index contributed by atoms with van der Waals surface area (Å²) in [6.45, 7) is 5.96. The Morgan fingerprint density at radius 2 is 1.76 bits per heavy atom. The second-order valence-corrected chi connectivity index (χ2v) is 6.95. The zero-order valence-corrected chi connectivity index (χ0v) is 16.7. The molecule has 1 atom stereocenters. The summed E-state index contributed by atoms with van der Waals surface area (Å²) in [5, 5.41) is 5.66. The molecule has 1 heterocycles. The molecule has 5 heteroatoms. The lowest BCUT2D eigenvalue weighted by Gasteiger charge is -2.18. The molecule has 0 saturated heterocycles. The number of hydrogen-bond donors (Lipinski definition) is 2. The van der Waals surface area contributed by atoms with Gasteiger partial charge < -0.3 is 15.1 Å². The number of benzene rings is 2. The van der Waals surface area contributed by atoms with Crippen molar-refractivity contribution >= 4 is 17.9 Å². The van der Waals surface area contributed by atoms with E-state index in [1.807, 2.05) is 39.0 Å². The van der Waals surface area contributed by atoms with Crippen molar-refractivity contribution in [1.82, 2.24) is 10.6 Å². The fourth-order valence-corrected chi connectivity index (χ4v) is 3.12.